The van der Waals surface area contributed by atoms with Crippen LogP contribution < -0.4 is 4.90 Å². The molecular formula is C54H51N. The normalized spacial score (nSPS) is 21.2. The molecule has 7 aromatic rings. The summed E-state index contributed by atoms with van der Waals surface area (Å²) in [7, 11) is 0. The van der Waals surface area contributed by atoms with E-state index in [9.17, 15) is 0 Å². The van der Waals surface area contributed by atoms with Crippen molar-refractivity contribution in [2.45, 2.75) is 88.9 Å². The molecule has 272 valence electrons. The molecule has 4 aliphatic carbocycles. The second kappa shape index (κ2) is 13.0. The fourth-order valence-electron chi connectivity index (χ4n) is 11.6. The fraction of sp³-hybridized carbons (Fsp3) is 0.296. The van der Waals surface area contributed by atoms with E-state index in [0.29, 0.717) is 11.8 Å². The molecule has 0 amide bonds. The highest BCUT2D eigenvalue weighted by atomic mass is 15.1. The van der Waals surface area contributed by atoms with Crippen LogP contribution in [0.5, 0.6) is 0 Å². The summed E-state index contributed by atoms with van der Waals surface area (Å²) in [6.45, 7) is 4.83. The molecule has 1 nitrogen and oxygen atoms in total. The lowest BCUT2D eigenvalue weighted by Gasteiger charge is -2.32. The molecule has 0 saturated heterocycles. The summed E-state index contributed by atoms with van der Waals surface area (Å²) in [4.78, 5) is 2.61. The van der Waals surface area contributed by atoms with Crippen molar-refractivity contribution in [3.05, 3.63) is 162 Å². The van der Waals surface area contributed by atoms with Gasteiger partial charge in [-0.25, -0.2) is 0 Å². The smallest absolute Gasteiger partial charge is 0.0543 e. The van der Waals surface area contributed by atoms with E-state index in [4.69, 9.17) is 0 Å². The maximum Gasteiger partial charge on any atom is 0.0543 e. The Morgan fingerprint density at radius 2 is 1.29 bits per heavy atom. The summed E-state index contributed by atoms with van der Waals surface area (Å²) >= 11 is 0. The zero-order valence-corrected chi connectivity index (χ0v) is 32.4. The van der Waals surface area contributed by atoms with Gasteiger partial charge < -0.3 is 4.90 Å². The minimum Gasteiger partial charge on any atom is -0.309 e. The van der Waals surface area contributed by atoms with Gasteiger partial charge in [0.1, 0.15) is 0 Å². The zero-order valence-electron chi connectivity index (χ0n) is 32.4. The van der Waals surface area contributed by atoms with Crippen molar-refractivity contribution in [2.24, 2.45) is 11.8 Å². The molecule has 7 aromatic carbocycles. The van der Waals surface area contributed by atoms with Crippen molar-refractivity contribution in [1.82, 2.24) is 0 Å². The van der Waals surface area contributed by atoms with E-state index in [0.717, 1.165) is 11.8 Å². The number of hydrogen-bond acceptors (Lipinski definition) is 1. The highest BCUT2D eigenvalue weighted by Crippen LogP contribution is 2.55. The third-order valence-corrected chi connectivity index (χ3v) is 14.5. The Morgan fingerprint density at radius 1 is 0.509 bits per heavy atom. The molecule has 0 heterocycles. The number of rotatable bonds is 6. The molecule has 3 fully saturated rings. The molecule has 3 saturated carbocycles. The van der Waals surface area contributed by atoms with Crippen molar-refractivity contribution in [2.75, 3.05) is 4.90 Å². The third-order valence-electron chi connectivity index (χ3n) is 14.5. The minimum atomic E-state index is -0.118. The summed E-state index contributed by atoms with van der Waals surface area (Å²) in [6.07, 6.45) is 12.4. The van der Waals surface area contributed by atoms with Crippen LogP contribution in [0.25, 0.3) is 43.8 Å². The van der Waals surface area contributed by atoms with E-state index in [1.54, 1.807) is 0 Å². The van der Waals surface area contributed by atoms with Gasteiger partial charge in [0.2, 0.25) is 0 Å². The van der Waals surface area contributed by atoms with Crippen LogP contribution in [0, 0.1) is 11.8 Å². The topological polar surface area (TPSA) is 3.24 Å². The number of benzene rings is 7. The first kappa shape index (κ1) is 33.2. The Balaban J connectivity index is 1.14. The van der Waals surface area contributed by atoms with E-state index in [1.165, 1.54) is 141 Å². The molecule has 3 unspecified atom stereocenters. The molecule has 0 aliphatic heterocycles. The largest absolute Gasteiger partial charge is 0.309 e. The SMILES string of the molecule is CC1(C)c2ccccc2-c2cc(-c3ccc4ccccc4c3)c(N(c3ccc(C4CC5CCC4C5)cc3)c3cccc4cc(C5CCCCC5)ccc34)cc21. The standard InChI is InChI=1S/C54H51N/c1-54(2)50-17-9-8-16-46(50)49-33-48(43-22-21-37-13-6-7-14-39(37)31-43)53(34-51(49)54)55(44-26-23-38(24-27-44)47-30-35-19-20-42(47)29-35)52-18-10-15-41-32-40(25-28-45(41)52)36-11-4-3-5-12-36/h6-10,13-18,21-28,31-36,42,47H,3-5,11-12,19-20,29-30H2,1-2H3. The van der Waals surface area contributed by atoms with Crippen LogP contribution in [0.2, 0.25) is 0 Å². The molecule has 0 radical (unpaired) electrons. The monoisotopic (exact) mass is 713 g/mol. The average molecular weight is 714 g/mol. The molecule has 55 heavy (non-hydrogen) atoms. The second-order valence-electron chi connectivity index (χ2n) is 17.9. The Bertz CT molecular complexity index is 2580. The fourth-order valence-corrected chi connectivity index (χ4v) is 11.6. The lowest BCUT2D eigenvalue weighted by molar-refractivity contribution is 0.420. The van der Waals surface area contributed by atoms with Gasteiger partial charge in [0.15, 0.2) is 0 Å². The van der Waals surface area contributed by atoms with Crippen LogP contribution in [-0.2, 0) is 5.41 Å². The second-order valence-corrected chi connectivity index (χ2v) is 17.9. The molecule has 0 N–H and O–H groups in total. The minimum absolute atomic E-state index is 0.118. The highest BCUT2D eigenvalue weighted by Gasteiger charge is 2.40. The van der Waals surface area contributed by atoms with Gasteiger partial charge >= 0.3 is 0 Å². The summed E-state index contributed by atoms with van der Waals surface area (Å²) < 4.78 is 0. The lowest BCUT2D eigenvalue weighted by atomic mass is 9.81. The van der Waals surface area contributed by atoms with E-state index >= 15 is 0 Å². The third kappa shape index (κ3) is 5.48. The van der Waals surface area contributed by atoms with Crippen LogP contribution in [0.4, 0.5) is 17.1 Å². The van der Waals surface area contributed by atoms with E-state index in [-0.39, 0.29) is 5.41 Å². The predicted molar refractivity (Wildman–Crippen MR) is 233 cm³/mol. The molecule has 2 bridgehead atoms. The zero-order chi connectivity index (χ0) is 36.7. The molecule has 1 heteroatoms. The number of hydrogen-bond donors (Lipinski definition) is 0. The van der Waals surface area contributed by atoms with Crippen molar-refractivity contribution in [1.29, 1.82) is 0 Å². The van der Waals surface area contributed by atoms with Gasteiger partial charge in [-0.2, -0.15) is 0 Å². The van der Waals surface area contributed by atoms with Crippen molar-refractivity contribution in [3.8, 4) is 22.3 Å². The highest BCUT2D eigenvalue weighted by molar-refractivity contribution is 6.03. The first-order chi connectivity index (χ1) is 27.0. The Kier molecular flexibility index (Phi) is 7.84. The number of nitrogens with zero attached hydrogens (tertiary/aromatic N) is 1. The summed E-state index contributed by atoms with van der Waals surface area (Å²) in [5.41, 5.74) is 14.7. The van der Waals surface area contributed by atoms with Gasteiger partial charge in [-0.15, -0.1) is 0 Å². The van der Waals surface area contributed by atoms with Crippen LogP contribution in [0.1, 0.15) is 106 Å². The van der Waals surface area contributed by atoms with Gasteiger partial charge in [-0.1, -0.05) is 143 Å². The summed E-state index contributed by atoms with van der Waals surface area (Å²) in [6, 6.07) is 54.2. The maximum atomic E-state index is 2.61. The molecule has 0 aromatic heterocycles. The molecule has 4 aliphatic rings. The molecule has 0 spiro atoms. The van der Waals surface area contributed by atoms with Crippen LogP contribution >= 0.6 is 0 Å². The molecule has 11 rings (SSSR count). The van der Waals surface area contributed by atoms with E-state index in [2.05, 4.69) is 158 Å². The van der Waals surface area contributed by atoms with E-state index in [1.807, 2.05) is 0 Å². The molecule has 3 atom stereocenters. The van der Waals surface area contributed by atoms with Gasteiger partial charge in [0, 0.05) is 22.1 Å². The van der Waals surface area contributed by atoms with Crippen molar-refractivity contribution in [3.63, 3.8) is 0 Å². The summed E-state index contributed by atoms with van der Waals surface area (Å²) in [5.74, 6) is 3.19. The maximum absolute atomic E-state index is 2.61. The first-order valence-electron chi connectivity index (χ1n) is 21.2. The van der Waals surface area contributed by atoms with E-state index < -0.39 is 0 Å². The quantitative estimate of drug-likeness (QED) is 0.166. The Morgan fingerprint density at radius 3 is 2.11 bits per heavy atom. The van der Waals surface area contributed by atoms with Crippen molar-refractivity contribution < 1.29 is 0 Å². The Labute approximate surface area is 327 Å². The number of anilines is 3. The predicted octanol–water partition coefficient (Wildman–Crippen LogP) is 15.4. The van der Waals surface area contributed by atoms with Gasteiger partial charge in [0.05, 0.1) is 11.4 Å². The van der Waals surface area contributed by atoms with Gasteiger partial charge in [-0.3, -0.25) is 0 Å². The first-order valence-corrected chi connectivity index (χ1v) is 21.2. The van der Waals surface area contributed by atoms with Crippen LogP contribution in [-0.4, -0.2) is 0 Å². The van der Waals surface area contributed by atoms with Gasteiger partial charge in [0.25, 0.3) is 0 Å². The van der Waals surface area contributed by atoms with Crippen molar-refractivity contribution >= 4 is 38.6 Å². The average Bonchev–Trinajstić information content (AvgIpc) is 3.94. The number of fused-ring (bicyclic) bond motifs is 7. The Hall–Kier alpha value is -5.14. The van der Waals surface area contributed by atoms with Gasteiger partial charge in [-0.05, 0) is 147 Å². The van der Waals surface area contributed by atoms with Crippen LogP contribution in [0.15, 0.2) is 140 Å². The molecular weight excluding hydrogens is 663 g/mol. The van der Waals surface area contributed by atoms with Crippen LogP contribution in [0.3, 0.4) is 0 Å². The lowest BCUT2D eigenvalue weighted by Crippen LogP contribution is -2.17. The summed E-state index contributed by atoms with van der Waals surface area (Å²) in [5, 5.41) is 5.20.